The van der Waals surface area contributed by atoms with E-state index in [0.29, 0.717) is 0 Å². The van der Waals surface area contributed by atoms with Gasteiger partial charge in [-0.05, 0) is 34.4 Å². The van der Waals surface area contributed by atoms with E-state index in [2.05, 4.69) is 17.2 Å². The van der Waals surface area contributed by atoms with Gasteiger partial charge in [0.05, 0.1) is 0 Å². The fraction of sp³-hybridized carbons (Fsp3) is 0.192. The second kappa shape index (κ2) is 9.37. The highest BCUT2D eigenvalue weighted by Gasteiger charge is 2.36. The lowest BCUT2D eigenvalue weighted by Gasteiger charge is -2.14. The summed E-state index contributed by atoms with van der Waals surface area (Å²) < 4.78 is 58.0. The summed E-state index contributed by atoms with van der Waals surface area (Å²) >= 11 is 0. The van der Waals surface area contributed by atoms with Crippen molar-refractivity contribution in [1.29, 1.82) is 0 Å². The predicted octanol–water partition coefficient (Wildman–Crippen LogP) is 6.12. The summed E-state index contributed by atoms with van der Waals surface area (Å²) in [5, 5.41) is 2.54. The van der Waals surface area contributed by atoms with Gasteiger partial charge in [-0.3, -0.25) is 0 Å². The fourth-order valence-electron chi connectivity index (χ4n) is 3.95. The van der Waals surface area contributed by atoms with Crippen LogP contribution in [0.1, 0.15) is 34.6 Å². The van der Waals surface area contributed by atoms with E-state index in [1.54, 1.807) is 0 Å². The second-order valence-electron chi connectivity index (χ2n) is 7.46. The molecule has 0 aliphatic heterocycles. The number of amides is 1. The highest BCUT2D eigenvalue weighted by atomic mass is 19.4. The Morgan fingerprint density at radius 1 is 0.939 bits per heavy atom. The molecule has 0 saturated carbocycles. The highest BCUT2D eigenvalue weighted by Crippen LogP contribution is 2.44. The van der Waals surface area contributed by atoms with Crippen LogP contribution in [0.15, 0.2) is 66.7 Å². The lowest BCUT2D eigenvalue weighted by Crippen LogP contribution is -2.26. The van der Waals surface area contributed by atoms with Gasteiger partial charge in [-0.2, -0.15) is 13.2 Å². The Balaban J connectivity index is 1.32. The third-order valence-corrected chi connectivity index (χ3v) is 5.38. The molecule has 0 bridgehead atoms. The summed E-state index contributed by atoms with van der Waals surface area (Å²) in [7, 11) is 0. The molecule has 0 atom stereocenters. The number of alkyl carbamates (subject to hydrolysis) is 1. The number of carbonyl (C=O) groups excluding carboxylic acids is 1. The molecule has 1 aliphatic carbocycles. The van der Waals surface area contributed by atoms with Gasteiger partial charge in [0, 0.05) is 24.4 Å². The number of nitrogens with one attached hydrogen (secondary N) is 1. The van der Waals surface area contributed by atoms with Gasteiger partial charge in [-0.15, -0.1) is 0 Å². The van der Waals surface area contributed by atoms with Crippen LogP contribution in [-0.2, 0) is 10.9 Å². The molecule has 0 unspecified atom stereocenters. The van der Waals surface area contributed by atoms with Gasteiger partial charge in [0.25, 0.3) is 0 Å². The zero-order valence-electron chi connectivity index (χ0n) is 17.4. The number of halogens is 4. The molecule has 0 fully saturated rings. The van der Waals surface area contributed by atoms with E-state index in [1.165, 1.54) is 6.07 Å². The van der Waals surface area contributed by atoms with E-state index in [1.807, 2.05) is 48.5 Å². The van der Waals surface area contributed by atoms with E-state index in [0.717, 1.165) is 34.4 Å². The predicted molar refractivity (Wildman–Crippen MR) is 116 cm³/mol. The molecule has 168 valence electrons. The maximum atomic E-state index is 13.6. The SMILES string of the molecule is O=C(NCCC#Cc1cccc(F)c1C(F)(F)F)OCC1c2ccccc2-c2ccccc21. The molecule has 3 aromatic carbocycles. The van der Waals surface area contributed by atoms with Crippen molar-refractivity contribution in [3.8, 4) is 23.0 Å². The first-order chi connectivity index (χ1) is 15.9. The average Bonchev–Trinajstić information content (AvgIpc) is 3.10. The summed E-state index contributed by atoms with van der Waals surface area (Å²) in [4.78, 5) is 12.1. The minimum atomic E-state index is -4.84. The molecule has 4 rings (SSSR count). The van der Waals surface area contributed by atoms with Crippen LogP contribution in [0.25, 0.3) is 11.1 Å². The normalized spacial score (nSPS) is 12.4. The molecule has 7 heteroatoms. The van der Waals surface area contributed by atoms with Crippen LogP contribution in [0, 0.1) is 17.7 Å². The third-order valence-electron chi connectivity index (χ3n) is 5.38. The minimum absolute atomic E-state index is 0.0725. The number of benzene rings is 3. The van der Waals surface area contributed by atoms with Crippen LogP contribution in [-0.4, -0.2) is 19.2 Å². The van der Waals surface area contributed by atoms with Crippen molar-refractivity contribution in [2.24, 2.45) is 0 Å². The molecule has 1 aliphatic rings. The van der Waals surface area contributed by atoms with Gasteiger partial charge < -0.3 is 10.1 Å². The molecule has 0 heterocycles. The van der Waals surface area contributed by atoms with Gasteiger partial charge in [-0.1, -0.05) is 66.4 Å². The monoisotopic (exact) mass is 453 g/mol. The molecule has 0 spiro atoms. The highest BCUT2D eigenvalue weighted by molar-refractivity contribution is 5.79. The van der Waals surface area contributed by atoms with Crippen molar-refractivity contribution in [2.75, 3.05) is 13.2 Å². The number of fused-ring (bicyclic) bond motifs is 3. The number of rotatable bonds is 4. The van der Waals surface area contributed by atoms with E-state index < -0.39 is 29.2 Å². The van der Waals surface area contributed by atoms with Crippen molar-refractivity contribution in [3.63, 3.8) is 0 Å². The molecule has 0 saturated heterocycles. The third kappa shape index (κ3) is 4.85. The van der Waals surface area contributed by atoms with Crippen molar-refractivity contribution in [3.05, 3.63) is 94.8 Å². The van der Waals surface area contributed by atoms with Crippen LogP contribution in [0.5, 0.6) is 0 Å². The lowest BCUT2D eigenvalue weighted by atomic mass is 9.98. The molecule has 0 radical (unpaired) electrons. The average molecular weight is 453 g/mol. The van der Waals surface area contributed by atoms with Crippen LogP contribution in [0.4, 0.5) is 22.4 Å². The van der Waals surface area contributed by atoms with Gasteiger partial charge >= 0.3 is 12.3 Å². The molecule has 3 aromatic rings. The van der Waals surface area contributed by atoms with Gasteiger partial charge in [0.15, 0.2) is 0 Å². The van der Waals surface area contributed by atoms with Gasteiger partial charge in [0.1, 0.15) is 18.0 Å². The molecular weight excluding hydrogens is 434 g/mol. The van der Waals surface area contributed by atoms with Crippen molar-refractivity contribution < 1.29 is 27.1 Å². The summed E-state index contributed by atoms with van der Waals surface area (Å²) in [5.41, 5.74) is 2.59. The quantitative estimate of drug-likeness (QED) is 0.293. The first-order valence-corrected chi connectivity index (χ1v) is 10.3. The molecule has 0 aromatic heterocycles. The van der Waals surface area contributed by atoms with E-state index in [4.69, 9.17) is 4.74 Å². The van der Waals surface area contributed by atoms with Crippen molar-refractivity contribution in [2.45, 2.75) is 18.5 Å². The first kappa shape index (κ1) is 22.4. The van der Waals surface area contributed by atoms with E-state index >= 15 is 0 Å². The summed E-state index contributed by atoms with van der Waals surface area (Å²) in [6.07, 6.45) is -5.40. The second-order valence-corrected chi connectivity index (χ2v) is 7.46. The number of carbonyl (C=O) groups is 1. The topological polar surface area (TPSA) is 38.3 Å². The summed E-state index contributed by atoms with van der Waals surface area (Å²) in [6, 6.07) is 18.9. The maximum absolute atomic E-state index is 13.6. The Labute approximate surface area is 188 Å². The molecule has 3 nitrogen and oxygen atoms in total. The van der Waals surface area contributed by atoms with Gasteiger partial charge in [-0.25, -0.2) is 9.18 Å². The Hall–Kier alpha value is -3.79. The molecule has 33 heavy (non-hydrogen) atoms. The van der Waals surface area contributed by atoms with Crippen LogP contribution in [0.3, 0.4) is 0 Å². The Morgan fingerprint density at radius 3 is 2.21 bits per heavy atom. The Kier molecular flexibility index (Phi) is 6.36. The fourth-order valence-corrected chi connectivity index (χ4v) is 3.95. The van der Waals surface area contributed by atoms with Gasteiger partial charge in [0.2, 0.25) is 0 Å². The Morgan fingerprint density at radius 2 is 1.58 bits per heavy atom. The molecule has 1 N–H and O–H groups in total. The standard InChI is InChI=1S/C26H19F4NO2/c27-23-14-7-9-17(24(23)26(28,29)30)8-5-6-15-31-25(32)33-16-22-20-12-3-1-10-18(20)19-11-2-4-13-21(19)22/h1-4,7,9-14,22H,6,15-16H2,(H,31,32). The van der Waals surface area contributed by atoms with Crippen LogP contribution >= 0.6 is 0 Å². The number of hydrogen-bond acceptors (Lipinski definition) is 2. The van der Waals surface area contributed by atoms with E-state index in [-0.39, 0.29) is 25.5 Å². The lowest BCUT2D eigenvalue weighted by molar-refractivity contribution is -0.140. The zero-order chi connectivity index (χ0) is 23.4. The minimum Gasteiger partial charge on any atom is -0.449 e. The van der Waals surface area contributed by atoms with Crippen molar-refractivity contribution in [1.82, 2.24) is 5.32 Å². The van der Waals surface area contributed by atoms with E-state index in [9.17, 15) is 22.4 Å². The van der Waals surface area contributed by atoms with Crippen molar-refractivity contribution >= 4 is 6.09 Å². The summed E-state index contributed by atoms with van der Waals surface area (Å²) in [5.74, 6) is 3.42. The zero-order valence-corrected chi connectivity index (χ0v) is 17.4. The Bertz CT molecular complexity index is 1200. The molecular formula is C26H19F4NO2. The van der Waals surface area contributed by atoms with Crippen LogP contribution in [0.2, 0.25) is 0 Å². The van der Waals surface area contributed by atoms with Crippen LogP contribution < -0.4 is 5.32 Å². The largest absolute Gasteiger partial charge is 0.449 e. The first-order valence-electron chi connectivity index (χ1n) is 10.3. The molecule has 1 amide bonds. The summed E-state index contributed by atoms with van der Waals surface area (Å²) in [6.45, 7) is 0.240. The number of alkyl halides is 3. The smallest absolute Gasteiger partial charge is 0.420 e. The number of hydrogen-bond donors (Lipinski definition) is 1. The number of ether oxygens (including phenoxy) is 1. The maximum Gasteiger partial charge on any atom is 0.420 e.